The first-order valence-corrected chi connectivity index (χ1v) is 9.89. The van der Waals surface area contributed by atoms with Gasteiger partial charge in [0.2, 0.25) is 0 Å². The van der Waals surface area contributed by atoms with Gasteiger partial charge < -0.3 is 24.3 Å². The standard InChI is InChI=1S/C20H27N5O4/c1-23-13-17(18(26)21-12-15-4-3-11-28-15)29-20(14-23)6-9-25(10-7-20)19(27)16-5-8-24(2)22-16/h3-5,8,11,17H,6-7,9-10,12-14H2,1-2H3,(H,21,26). The third-order valence-corrected chi connectivity index (χ3v) is 5.63. The lowest BCUT2D eigenvalue weighted by Gasteiger charge is -2.48. The first-order valence-electron chi connectivity index (χ1n) is 9.89. The number of carbonyl (C=O) groups excluding carboxylic acids is 2. The second kappa shape index (κ2) is 8.00. The second-order valence-corrected chi connectivity index (χ2v) is 7.95. The van der Waals surface area contributed by atoms with E-state index >= 15 is 0 Å². The molecule has 9 nitrogen and oxygen atoms in total. The van der Waals surface area contributed by atoms with Gasteiger partial charge in [-0.25, -0.2) is 0 Å². The number of carbonyl (C=O) groups is 2. The van der Waals surface area contributed by atoms with Crippen LogP contribution in [-0.2, 0) is 23.1 Å². The highest BCUT2D eigenvalue weighted by Crippen LogP contribution is 2.32. The predicted octanol–water partition coefficient (Wildman–Crippen LogP) is 0.635. The summed E-state index contributed by atoms with van der Waals surface area (Å²) >= 11 is 0. The zero-order valence-electron chi connectivity index (χ0n) is 16.8. The van der Waals surface area contributed by atoms with E-state index in [0.29, 0.717) is 50.5 Å². The smallest absolute Gasteiger partial charge is 0.274 e. The molecule has 29 heavy (non-hydrogen) atoms. The van der Waals surface area contributed by atoms with Crippen LogP contribution in [0.1, 0.15) is 29.1 Å². The number of piperidine rings is 1. The summed E-state index contributed by atoms with van der Waals surface area (Å²) in [7, 11) is 3.80. The Hall–Kier alpha value is -2.65. The number of likely N-dealkylation sites (N-methyl/N-ethyl adjacent to an activating group) is 1. The molecule has 2 saturated heterocycles. The highest BCUT2D eigenvalue weighted by molar-refractivity contribution is 5.92. The molecule has 2 fully saturated rings. The molecular formula is C20H27N5O4. The number of aryl methyl sites for hydroxylation is 1. The van der Waals surface area contributed by atoms with Crippen molar-refractivity contribution in [2.24, 2.45) is 7.05 Å². The fraction of sp³-hybridized carbons (Fsp3) is 0.550. The second-order valence-electron chi connectivity index (χ2n) is 7.95. The summed E-state index contributed by atoms with van der Waals surface area (Å²) in [5.74, 6) is 0.509. The maximum atomic E-state index is 12.6. The lowest BCUT2D eigenvalue weighted by Crippen LogP contribution is -2.61. The summed E-state index contributed by atoms with van der Waals surface area (Å²) in [5.41, 5.74) is 0.0425. The van der Waals surface area contributed by atoms with E-state index in [1.54, 1.807) is 36.3 Å². The van der Waals surface area contributed by atoms with Crippen molar-refractivity contribution < 1.29 is 18.7 Å². The van der Waals surface area contributed by atoms with Gasteiger partial charge in [0.1, 0.15) is 17.6 Å². The van der Waals surface area contributed by atoms with Crippen LogP contribution in [0.15, 0.2) is 35.1 Å². The van der Waals surface area contributed by atoms with E-state index < -0.39 is 11.7 Å². The van der Waals surface area contributed by atoms with Gasteiger partial charge >= 0.3 is 0 Å². The molecule has 0 saturated carbocycles. The molecule has 2 aromatic heterocycles. The van der Waals surface area contributed by atoms with Crippen molar-refractivity contribution in [1.82, 2.24) is 24.9 Å². The molecule has 1 spiro atoms. The normalized spacial score (nSPS) is 22.0. The molecule has 2 aromatic rings. The van der Waals surface area contributed by atoms with Crippen LogP contribution in [0.5, 0.6) is 0 Å². The fourth-order valence-corrected chi connectivity index (χ4v) is 4.14. The van der Waals surface area contributed by atoms with Crippen molar-refractivity contribution in [1.29, 1.82) is 0 Å². The first-order chi connectivity index (χ1) is 13.9. The van der Waals surface area contributed by atoms with Gasteiger partial charge in [-0.15, -0.1) is 0 Å². The SMILES string of the molecule is CN1CC(C(=O)NCc2ccco2)OC2(CCN(C(=O)c3ccn(C)n3)CC2)C1. The van der Waals surface area contributed by atoms with Crippen molar-refractivity contribution in [3.8, 4) is 0 Å². The molecule has 0 radical (unpaired) electrons. The number of amides is 2. The first kappa shape index (κ1) is 19.7. The molecule has 0 aromatic carbocycles. The molecule has 4 rings (SSSR count). The number of hydrogen-bond donors (Lipinski definition) is 1. The number of ether oxygens (including phenoxy) is 1. The Morgan fingerprint density at radius 2 is 2.07 bits per heavy atom. The Bertz CT molecular complexity index is 854. The number of hydrogen-bond acceptors (Lipinski definition) is 6. The van der Waals surface area contributed by atoms with Gasteiger partial charge in [0.05, 0.1) is 18.4 Å². The summed E-state index contributed by atoms with van der Waals surface area (Å²) < 4.78 is 13.2. The molecule has 9 heteroatoms. The molecule has 0 aliphatic carbocycles. The number of nitrogens with one attached hydrogen (secondary N) is 1. The lowest BCUT2D eigenvalue weighted by molar-refractivity contribution is -0.180. The molecule has 1 N–H and O–H groups in total. The Balaban J connectivity index is 1.35. The Morgan fingerprint density at radius 3 is 2.72 bits per heavy atom. The van der Waals surface area contributed by atoms with Crippen LogP contribution < -0.4 is 5.32 Å². The number of aromatic nitrogens is 2. The maximum absolute atomic E-state index is 12.6. The third kappa shape index (κ3) is 4.35. The molecule has 156 valence electrons. The molecule has 1 atom stereocenters. The van der Waals surface area contributed by atoms with E-state index in [-0.39, 0.29) is 11.8 Å². The van der Waals surface area contributed by atoms with Crippen LogP contribution in [-0.4, -0.2) is 76.3 Å². The average Bonchev–Trinajstić information content (AvgIpc) is 3.37. The summed E-state index contributed by atoms with van der Waals surface area (Å²) in [6.45, 7) is 2.81. The molecule has 2 aliphatic rings. The summed E-state index contributed by atoms with van der Waals surface area (Å²) in [6.07, 6.45) is 4.20. The Morgan fingerprint density at radius 1 is 1.28 bits per heavy atom. The van der Waals surface area contributed by atoms with E-state index in [1.165, 1.54) is 0 Å². The number of nitrogens with zero attached hydrogens (tertiary/aromatic N) is 4. The monoisotopic (exact) mass is 401 g/mol. The van der Waals surface area contributed by atoms with E-state index in [4.69, 9.17) is 9.15 Å². The van der Waals surface area contributed by atoms with E-state index in [2.05, 4.69) is 15.3 Å². The zero-order valence-corrected chi connectivity index (χ0v) is 16.8. The van der Waals surface area contributed by atoms with E-state index in [9.17, 15) is 9.59 Å². The number of likely N-dealkylation sites (tertiary alicyclic amines) is 1. The molecule has 1 unspecified atom stereocenters. The number of furan rings is 1. The molecule has 4 heterocycles. The van der Waals surface area contributed by atoms with Gasteiger partial charge in [-0.1, -0.05) is 0 Å². The fourth-order valence-electron chi connectivity index (χ4n) is 4.14. The van der Waals surface area contributed by atoms with Crippen molar-refractivity contribution in [3.63, 3.8) is 0 Å². The van der Waals surface area contributed by atoms with Crippen molar-refractivity contribution in [3.05, 3.63) is 42.1 Å². The van der Waals surface area contributed by atoms with Gasteiger partial charge in [-0.05, 0) is 38.1 Å². The van der Waals surface area contributed by atoms with Crippen LogP contribution in [0.4, 0.5) is 0 Å². The van der Waals surface area contributed by atoms with Gasteiger partial charge in [0, 0.05) is 39.4 Å². The van der Waals surface area contributed by atoms with Gasteiger partial charge in [-0.2, -0.15) is 5.10 Å². The quantitative estimate of drug-likeness (QED) is 0.808. The van der Waals surface area contributed by atoms with Crippen LogP contribution in [0.2, 0.25) is 0 Å². The van der Waals surface area contributed by atoms with Gasteiger partial charge in [-0.3, -0.25) is 14.3 Å². The highest BCUT2D eigenvalue weighted by atomic mass is 16.5. The topological polar surface area (TPSA) is 92.8 Å². The summed E-state index contributed by atoms with van der Waals surface area (Å²) in [4.78, 5) is 29.2. The highest BCUT2D eigenvalue weighted by Gasteiger charge is 2.44. The Labute approximate surface area is 169 Å². The van der Waals surface area contributed by atoms with Crippen LogP contribution in [0, 0.1) is 0 Å². The van der Waals surface area contributed by atoms with Gasteiger partial charge in [0.15, 0.2) is 0 Å². The van der Waals surface area contributed by atoms with Crippen LogP contribution in [0.3, 0.4) is 0 Å². The van der Waals surface area contributed by atoms with E-state index in [0.717, 1.165) is 6.54 Å². The van der Waals surface area contributed by atoms with E-state index in [1.807, 2.05) is 18.0 Å². The predicted molar refractivity (Wildman–Crippen MR) is 104 cm³/mol. The minimum atomic E-state index is -0.540. The third-order valence-electron chi connectivity index (χ3n) is 5.63. The molecular weight excluding hydrogens is 374 g/mol. The Kier molecular flexibility index (Phi) is 5.42. The minimum Gasteiger partial charge on any atom is -0.467 e. The van der Waals surface area contributed by atoms with Crippen molar-refractivity contribution in [2.75, 3.05) is 33.2 Å². The maximum Gasteiger partial charge on any atom is 0.274 e. The lowest BCUT2D eigenvalue weighted by atomic mass is 9.88. The van der Waals surface area contributed by atoms with Crippen molar-refractivity contribution in [2.45, 2.75) is 31.1 Å². The largest absolute Gasteiger partial charge is 0.467 e. The molecule has 2 aliphatic heterocycles. The van der Waals surface area contributed by atoms with Crippen molar-refractivity contribution >= 4 is 11.8 Å². The minimum absolute atomic E-state index is 0.0580. The van der Waals surface area contributed by atoms with Crippen LogP contribution in [0.25, 0.3) is 0 Å². The average molecular weight is 401 g/mol. The zero-order chi connectivity index (χ0) is 20.4. The van der Waals surface area contributed by atoms with Crippen LogP contribution >= 0.6 is 0 Å². The summed E-state index contributed by atoms with van der Waals surface area (Å²) in [6, 6.07) is 5.35. The molecule has 0 bridgehead atoms. The number of rotatable bonds is 4. The van der Waals surface area contributed by atoms with Gasteiger partial charge in [0.25, 0.3) is 11.8 Å². The molecule has 2 amide bonds. The number of morpholine rings is 1. The summed E-state index contributed by atoms with van der Waals surface area (Å²) in [5, 5.41) is 7.09.